The number of nitro benzene ring substituents is 1. The molecule has 2 aromatic carbocycles. The first kappa shape index (κ1) is 24.5. The minimum atomic E-state index is -0.747. The molecular formula is C23H23N3O8. The van der Waals surface area contributed by atoms with Crippen LogP contribution in [0.1, 0.15) is 24.0 Å². The smallest absolute Gasteiger partial charge is 0.320 e. The predicted molar refractivity (Wildman–Crippen MR) is 117 cm³/mol. The summed E-state index contributed by atoms with van der Waals surface area (Å²) in [6, 6.07) is 13.3. The number of amides is 1. The zero-order valence-corrected chi connectivity index (χ0v) is 18.1. The van der Waals surface area contributed by atoms with E-state index in [1.165, 1.54) is 24.3 Å². The van der Waals surface area contributed by atoms with E-state index in [2.05, 4.69) is 10.6 Å². The van der Waals surface area contributed by atoms with Gasteiger partial charge in [-0.25, -0.2) is 0 Å². The average Bonchev–Trinajstić information content (AvgIpc) is 2.82. The van der Waals surface area contributed by atoms with Crippen LogP contribution >= 0.6 is 0 Å². The lowest BCUT2D eigenvalue weighted by atomic mass is 9.93. The van der Waals surface area contributed by atoms with Gasteiger partial charge in [0.15, 0.2) is 0 Å². The lowest BCUT2D eigenvalue weighted by Gasteiger charge is -2.36. The van der Waals surface area contributed by atoms with Crippen LogP contribution in [0, 0.1) is 10.1 Å². The number of carbonyl (C=O) groups is 4. The summed E-state index contributed by atoms with van der Waals surface area (Å²) >= 11 is 0. The van der Waals surface area contributed by atoms with Crippen molar-refractivity contribution in [3.63, 3.8) is 0 Å². The summed E-state index contributed by atoms with van der Waals surface area (Å²) in [6.45, 7) is -0.214. The third-order valence-corrected chi connectivity index (χ3v) is 5.06. The summed E-state index contributed by atoms with van der Waals surface area (Å²) in [4.78, 5) is 57.9. The Labute approximate surface area is 194 Å². The summed E-state index contributed by atoms with van der Waals surface area (Å²) in [5.74, 6) is -2.07. The molecule has 1 fully saturated rings. The van der Waals surface area contributed by atoms with Crippen LogP contribution < -0.4 is 10.6 Å². The van der Waals surface area contributed by atoms with Gasteiger partial charge in [-0.05, 0) is 23.3 Å². The van der Waals surface area contributed by atoms with E-state index < -0.39 is 41.1 Å². The van der Waals surface area contributed by atoms with Crippen LogP contribution in [0.25, 0.3) is 0 Å². The second kappa shape index (κ2) is 11.7. The Balaban J connectivity index is 1.35. The van der Waals surface area contributed by atoms with Crippen LogP contribution in [0.4, 0.5) is 5.69 Å². The number of rotatable bonds is 12. The second-order valence-corrected chi connectivity index (χ2v) is 7.62. The number of benzene rings is 2. The molecule has 178 valence electrons. The number of nitrogens with zero attached hydrogens (tertiary/aromatic N) is 1. The number of Topliss-reactive ketones (excluding diaryl/α,β-unsaturated/α-hetero) is 1. The molecular weight excluding hydrogens is 446 g/mol. The zero-order chi connectivity index (χ0) is 24.5. The number of ketones is 1. The van der Waals surface area contributed by atoms with E-state index in [1.807, 2.05) is 30.3 Å². The zero-order valence-electron chi connectivity index (χ0n) is 18.1. The number of non-ortho nitro benzene ring substituents is 1. The van der Waals surface area contributed by atoms with Gasteiger partial charge in [0, 0.05) is 18.6 Å². The summed E-state index contributed by atoms with van der Waals surface area (Å²) in [7, 11) is 0. The number of ether oxygens (including phenoxy) is 2. The van der Waals surface area contributed by atoms with Crippen molar-refractivity contribution in [1.82, 2.24) is 10.6 Å². The Morgan fingerprint density at radius 1 is 0.941 bits per heavy atom. The first-order valence-electron chi connectivity index (χ1n) is 10.5. The van der Waals surface area contributed by atoms with Crippen LogP contribution in [0.15, 0.2) is 54.6 Å². The molecule has 34 heavy (non-hydrogen) atoms. The third kappa shape index (κ3) is 7.20. The van der Waals surface area contributed by atoms with Crippen molar-refractivity contribution in [1.29, 1.82) is 0 Å². The SMILES string of the molecule is O=C(CC(=O)OCc1ccc([N+](=O)[O-])cc1)C[C@H]1NC(=O)[C@@H]1NCC(=O)OCc1ccccc1. The third-order valence-electron chi connectivity index (χ3n) is 5.06. The standard InChI is InChI=1S/C23H23N3O8/c27-18(11-20(28)33-14-16-6-8-17(9-7-16)26(31)32)10-19-22(23(30)25-19)24-12-21(29)34-13-15-4-2-1-3-5-15/h1-9,19,22,24H,10-14H2,(H,25,30)/t19-,22-/m1/s1. The minimum Gasteiger partial charge on any atom is -0.460 e. The number of β-lactam (4-membered cyclic amide) rings is 1. The molecule has 1 aliphatic heterocycles. The van der Waals surface area contributed by atoms with E-state index in [-0.39, 0.29) is 37.8 Å². The molecule has 1 aliphatic rings. The van der Waals surface area contributed by atoms with Crippen LogP contribution in [-0.2, 0) is 41.9 Å². The largest absolute Gasteiger partial charge is 0.460 e. The fourth-order valence-electron chi connectivity index (χ4n) is 3.24. The minimum absolute atomic E-state index is 0.0829. The van der Waals surface area contributed by atoms with Crippen molar-refractivity contribution < 1.29 is 33.6 Å². The van der Waals surface area contributed by atoms with Gasteiger partial charge in [0.2, 0.25) is 5.91 Å². The van der Waals surface area contributed by atoms with Gasteiger partial charge < -0.3 is 14.8 Å². The maximum Gasteiger partial charge on any atom is 0.320 e. The summed E-state index contributed by atoms with van der Waals surface area (Å²) in [5.41, 5.74) is 1.29. The molecule has 0 radical (unpaired) electrons. The van der Waals surface area contributed by atoms with Crippen LogP contribution in [0.5, 0.6) is 0 Å². The normalized spacial score (nSPS) is 16.6. The fraction of sp³-hybridized carbons (Fsp3) is 0.304. The molecule has 0 spiro atoms. The topological polar surface area (TPSA) is 154 Å². The molecule has 0 aromatic heterocycles. The van der Waals surface area contributed by atoms with Crippen LogP contribution in [0.2, 0.25) is 0 Å². The highest BCUT2D eigenvalue weighted by Crippen LogP contribution is 2.14. The lowest BCUT2D eigenvalue weighted by molar-refractivity contribution is -0.384. The molecule has 0 saturated carbocycles. The van der Waals surface area contributed by atoms with Crippen molar-refractivity contribution >= 4 is 29.3 Å². The highest BCUT2D eigenvalue weighted by Gasteiger charge is 2.40. The highest BCUT2D eigenvalue weighted by atomic mass is 16.6. The second-order valence-electron chi connectivity index (χ2n) is 7.62. The molecule has 2 N–H and O–H groups in total. The molecule has 1 saturated heterocycles. The quantitative estimate of drug-likeness (QED) is 0.153. The predicted octanol–water partition coefficient (Wildman–Crippen LogP) is 1.19. The number of hydrogen-bond donors (Lipinski definition) is 2. The van der Waals surface area contributed by atoms with E-state index in [0.29, 0.717) is 5.56 Å². The molecule has 11 heteroatoms. The summed E-state index contributed by atoms with van der Waals surface area (Å²) in [6.07, 6.45) is -0.583. The number of nitro groups is 1. The maximum atomic E-state index is 12.2. The number of hydrogen-bond acceptors (Lipinski definition) is 9. The molecule has 2 atom stereocenters. The molecule has 0 aliphatic carbocycles. The summed E-state index contributed by atoms with van der Waals surface area (Å²) in [5, 5.41) is 16.0. The highest BCUT2D eigenvalue weighted by molar-refractivity contribution is 5.98. The fourth-order valence-corrected chi connectivity index (χ4v) is 3.24. The van der Waals surface area contributed by atoms with E-state index >= 15 is 0 Å². The molecule has 1 heterocycles. The number of esters is 2. The van der Waals surface area contributed by atoms with Gasteiger partial charge in [0.25, 0.3) is 5.69 Å². The van der Waals surface area contributed by atoms with Gasteiger partial charge in [-0.3, -0.25) is 34.6 Å². The molecule has 0 unspecified atom stereocenters. The van der Waals surface area contributed by atoms with Crippen LogP contribution in [-0.4, -0.2) is 47.2 Å². The van der Waals surface area contributed by atoms with Crippen molar-refractivity contribution in [3.8, 4) is 0 Å². The van der Waals surface area contributed by atoms with Gasteiger partial charge in [0.05, 0.1) is 17.5 Å². The first-order valence-corrected chi connectivity index (χ1v) is 10.5. The van der Waals surface area contributed by atoms with E-state index in [4.69, 9.17) is 9.47 Å². The maximum absolute atomic E-state index is 12.2. The van der Waals surface area contributed by atoms with Gasteiger partial charge >= 0.3 is 11.9 Å². The van der Waals surface area contributed by atoms with Crippen molar-refractivity contribution in [2.75, 3.05) is 6.54 Å². The average molecular weight is 469 g/mol. The Morgan fingerprint density at radius 2 is 1.56 bits per heavy atom. The van der Waals surface area contributed by atoms with Gasteiger partial charge in [0.1, 0.15) is 31.5 Å². The Kier molecular flexibility index (Phi) is 8.41. The molecule has 2 aromatic rings. The Bertz CT molecular complexity index is 1060. The molecule has 3 rings (SSSR count). The Morgan fingerprint density at radius 3 is 2.18 bits per heavy atom. The van der Waals surface area contributed by atoms with E-state index in [1.54, 1.807) is 0 Å². The van der Waals surface area contributed by atoms with Crippen molar-refractivity contribution in [2.24, 2.45) is 0 Å². The molecule has 11 nitrogen and oxygen atoms in total. The first-order chi connectivity index (χ1) is 16.3. The van der Waals surface area contributed by atoms with Crippen molar-refractivity contribution in [2.45, 2.75) is 38.1 Å². The Hall–Kier alpha value is -4.12. The van der Waals surface area contributed by atoms with Gasteiger partial charge in [-0.2, -0.15) is 0 Å². The van der Waals surface area contributed by atoms with Gasteiger partial charge in [-0.15, -0.1) is 0 Å². The van der Waals surface area contributed by atoms with Crippen LogP contribution in [0.3, 0.4) is 0 Å². The van der Waals surface area contributed by atoms with E-state index in [0.717, 1.165) is 5.56 Å². The van der Waals surface area contributed by atoms with Gasteiger partial charge in [-0.1, -0.05) is 30.3 Å². The molecule has 1 amide bonds. The van der Waals surface area contributed by atoms with Crippen molar-refractivity contribution in [3.05, 3.63) is 75.8 Å². The molecule has 0 bridgehead atoms. The number of carbonyl (C=O) groups excluding carboxylic acids is 4. The lowest BCUT2D eigenvalue weighted by Crippen LogP contribution is -2.69. The number of nitrogens with one attached hydrogen (secondary N) is 2. The summed E-state index contributed by atoms with van der Waals surface area (Å²) < 4.78 is 10.2. The monoisotopic (exact) mass is 469 g/mol. The van der Waals surface area contributed by atoms with E-state index in [9.17, 15) is 29.3 Å².